The monoisotopic (exact) mass is 377 g/mol. The molecular weight excluding hydrogens is 350 g/mol. The molecule has 3 rings (SSSR count). The number of ether oxygens (including phenoxy) is 1. The molecule has 0 aliphatic rings. The maximum atomic E-state index is 5.83. The number of likely N-dealkylation sites (N-methyl/N-ethyl adjacent to an activating group) is 1. The van der Waals surface area contributed by atoms with E-state index in [-0.39, 0.29) is 0 Å². The Labute approximate surface area is 166 Å². The van der Waals surface area contributed by atoms with Crippen LogP contribution in [0.3, 0.4) is 0 Å². The lowest BCUT2D eigenvalue weighted by Gasteiger charge is -2.13. The normalized spacial score (nSPS) is 10.7. The van der Waals surface area contributed by atoms with E-state index in [1.54, 1.807) is 0 Å². The Morgan fingerprint density at radius 2 is 1.64 bits per heavy atom. The Kier molecular flexibility index (Phi) is 6.81. The van der Waals surface area contributed by atoms with Crippen molar-refractivity contribution >= 4 is 17.3 Å². The number of anilines is 3. The van der Waals surface area contributed by atoms with Crippen molar-refractivity contribution in [1.29, 1.82) is 0 Å². The second-order valence-corrected chi connectivity index (χ2v) is 6.84. The molecule has 146 valence electrons. The third-order valence-corrected chi connectivity index (χ3v) is 4.08. The molecule has 0 saturated heterocycles. The number of aryl methyl sites for hydroxylation is 1. The van der Waals surface area contributed by atoms with E-state index >= 15 is 0 Å². The minimum Gasteiger partial charge on any atom is -0.489 e. The maximum absolute atomic E-state index is 5.83. The van der Waals surface area contributed by atoms with E-state index in [0.717, 1.165) is 47.5 Å². The fourth-order valence-corrected chi connectivity index (χ4v) is 2.65. The fraction of sp³-hybridized carbons (Fsp3) is 0.273. The number of nitrogens with zero attached hydrogens (tertiary/aromatic N) is 3. The molecule has 0 aliphatic heterocycles. The van der Waals surface area contributed by atoms with Crippen molar-refractivity contribution in [1.82, 2.24) is 14.9 Å². The lowest BCUT2D eigenvalue weighted by atomic mass is 10.2. The summed E-state index contributed by atoms with van der Waals surface area (Å²) in [5.41, 5.74) is 2.10. The molecule has 3 aromatic rings. The summed E-state index contributed by atoms with van der Waals surface area (Å²) in [6, 6.07) is 19.9. The Bertz CT molecular complexity index is 866. The largest absolute Gasteiger partial charge is 0.489 e. The lowest BCUT2D eigenvalue weighted by Crippen LogP contribution is -2.21. The van der Waals surface area contributed by atoms with Gasteiger partial charge in [-0.3, -0.25) is 0 Å². The number of benzene rings is 2. The molecule has 0 bridgehead atoms. The summed E-state index contributed by atoms with van der Waals surface area (Å²) in [4.78, 5) is 11.0. The van der Waals surface area contributed by atoms with Gasteiger partial charge in [-0.15, -0.1) is 0 Å². The predicted octanol–water partition coefficient (Wildman–Crippen LogP) is 4.08. The molecule has 0 radical (unpaired) electrons. The van der Waals surface area contributed by atoms with Gasteiger partial charge in [0.1, 0.15) is 29.8 Å². The van der Waals surface area contributed by atoms with Crippen molar-refractivity contribution in [2.24, 2.45) is 0 Å². The van der Waals surface area contributed by atoms with Gasteiger partial charge in [0.2, 0.25) is 0 Å². The molecule has 0 spiro atoms. The van der Waals surface area contributed by atoms with Crippen LogP contribution < -0.4 is 15.4 Å². The maximum Gasteiger partial charge on any atom is 0.136 e. The SMILES string of the molecule is Cc1nc(NCCN(C)C)cc(Nc2ccc(OCc3ccccc3)cc2)n1. The van der Waals surface area contributed by atoms with Gasteiger partial charge in [0.25, 0.3) is 0 Å². The van der Waals surface area contributed by atoms with E-state index in [9.17, 15) is 0 Å². The fourth-order valence-electron chi connectivity index (χ4n) is 2.65. The van der Waals surface area contributed by atoms with Gasteiger partial charge in [0.15, 0.2) is 0 Å². The summed E-state index contributed by atoms with van der Waals surface area (Å²) in [5.74, 6) is 3.14. The molecule has 6 heteroatoms. The topological polar surface area (TPSA) is 62.3 Å². The Balaban J connectivity index is 1.58. The first-order valence-electron chi connectivity index (χ1n) is 9.36. The van der Waals surface area contributed by atoms with Crippen LogP contribution in [0, 0.1) is 6.92 Å². The quantitative estimate of drug-likeness (QED) is 0.586. The van der Waals surface area contributed by atoms with Crippen molar-refractivity contribution in [3.8, 4) is 5.75 Å². The molecule has 28 heavy (non-hydrogen) atoms. The summed E-state index contributed by atoms with van der Waals surface area (Å²) >= 11 is 0. The molecule has 1 heterocycles. The van der Waals surface area contributed by atoms with Gasteiger partial charge in [-0.1, -0.05) is 30.3 Å². The van der Waals surface area contributed by atoms with Crippen LogP contribution in [-0.4, -0.2) is 42.1 Å². The van der Waals surface area contributed by atoms with Crippen molar-refractivity contribution in [2.75, 3.05) is 37.8 Å². The zero-order chi connectivity index (χ0) is 19.8. The van der Waals surface area contributed by atoms with E-state index in [1.807, 2.05) is 69.6 Å². The van der Waals surface area contributed by atoms with Crippen LogP contribution in [0.2, 0.25) is 0 Å². The second-order valence-electron chi connectivity index (χ2n) is 6.84. The van der Waals surface area contributed by atoms with Gasteiger partial charge in [0, 0.05) is 24.8 Å². The minimum atomic E-state index is 0.556. The zero-order valence-corrected chi connectivity index (χ0v) is 16.6. The summed E-state index contributed by atoms with van der Waals surface area (Å²) in [5, 5.41) is 6.66. The summed E-state index contributed by atoms with van der Waals surface area (Å²) in [6.45, 7) is 4.22. The van der Waals surface area contributed by atoms with Crippen LogP contribution in [0.4, 0.5) is 17.3 Å². The van der Waals surface area contributed by atoms with E-state index in [0.29, 0.717) is 6.61 Å². The molecule has 2 aromatic carbocycles. The van der Waals surface area contributed by atoms with Gasteiger partial charge < -0.3 is 20.3 Å². The van der Waals surface area contributed by atoms with Gasteiger partial charge in [-0.25, -0.2) is 9.97 Å². The van der Waals surface area contributed by atoms with E-state index < -0.39 is 0 Å². The molecule has 0 saturated carbocycles. The Morgan fingerprint density at radius 1 is 0.929 bits per heavy atom. The highest BCUT2D eigenvalue weighted by molar-refractivity contribution is 5.60. The average molecular weight is 377 g/mol. The van der Waals surface area contributed by atoms with Crippen LogP contribution in [-0.2, 0) is 6.61 Å². The number of nitrogens with one attached hydrogen (secondary N) is 2. The number of hydrogen-bond acceptors (Lipinski definition) is 6. The lowest BCUT2D eigenvalue weighted by molar-refractivity contribution is 0.306. The van der Waals surface area contributed by atoms with E-state index in [2.05, 4.69) is 37.6 Å². The van der Waals surface area contributed by atoms with Crippen molar-refractivity contribution < 1.29 is 4.74 Å². The molecule has 0 fully saturated rings. The molecule has 1 aromatic heterocycles. The van der Waals surface area contributed by atoms with Crippen molar-refractivity contribution in [3.05, 3.63) is 72.1 Å². The summed E-state index contributed by atoms with van der Waals surface area (Å²) in [7, 11) is 4.10. The highest BCUT2D eigenvalue weighted by Crippen LogP contribution is 2.21. The molecule has 6 nitrogen and oxygen atoms in total. The molecule has 0 amide bonds. The first-order valence-corrected chi connectivity index (χ1v) is 9.36. The predicted molar refractivity (Wildman–Crippen MR) is 114 cm³/mol. The molecule has 0 atom stereocenters. The second kappa shape index (κ2) is 9.71. The zero-order valence-electron chi connectivity index (χ0n) is 16.6. The van der Waals surface area contributed by atoms with Crippen LogP contribution in [0.5, 0.6) is 5.75 Å². The molecule has 0 aliphatic carbocycles. The Morgan fingerprint density at radius 3 is 2.36 bits per heavy atom. The number of rotatable bonds is 9. The Hall–Kier alpha value is -3.12. The highest BCUT2D eigenvalue weighted by Gasteiger charge is 2.03. The molecule has 0 unspecified atom stereocenters. The van der Waals surface area contributed by atoms with Crippen LogP contribution >= 0.6 is 0 Å². The highest BCUT2D eigenvalue weighted by atomic mass is 16.5. The van der Waals surface area contributed by atoms with Crippen molar-refractivity contribution in [2.45, 2.75) is 13.5 Å². The molecular formula is C22H27N5O. The molecule has 2 N–H and O–H groups in total. The van der Waals surface area contributed by atoms with Gasteiger partial charge in [0.05, 0.1) is 0 Å². The van der Waals surface area contributed by atoms with Gasteiger partial charge in [-0.05, 0) is 50.8 Å². The standard InChI is InChI=1S/C22H27N5O/c1-17-24-21(23-13-14-27(2)3)15-22(25-17)26-19-9-11-20(12-10-19)28-16-18-7-5-4-6-8-18/h4-12,15H,13-14,16H2,1-3H3,(H2,23,24,25,26). The third-order valence-electron chi connectivity index (χ3n) is 4.08. The van der Waals surface area contributed by atoms with Crippen molar-refractivity contribution in [3.63, 3.8) is 0 Å². The van der Waals surface area contributed by atoms with Crippen LogP contribution in [0.15, 0.2) is 60.7 Å². The average Bonchev–Trinajstić information content (AvgIpc) is 2.67. The number of aromatic nitrogens is 2. The smallest absolute Gasteiger partial charge is 0.136 e. The summed E-state index contributed by atoms with van der Waals surface area (Å²) < 4.78 is 5.83. The minimum absolute atomic E-state index is 0.556. The van der Waals surface area contributed by atoms with Gasteiger partial charge in [-0.2, -0.15) is 0 Å². The van der Waals surface area contributed by atoms with Gasteiger partial charge >= 0.3 is 0 Å². The number of hydrogen-bond donors (Lipinski definition) is 2. The van der Waals surface area contributed by atoms with E-state index in [1.165, 1.54) is 0 Å². The van der Waals surface area contributed by atoms with Crippen LogP contribution in [0.25, 0.3) is 0 Å². The first-order chi connectivity index (χ1) is 13.6. The van der Waals surface area contributed by atoms with E-state index in [4.69, 9.17) is 4.74 Å². The third kappa shape index (κ3) is 6.25. The van der Waals surface area contributed by atoms with Crippen LogP contribution in [0.1, 0.15) is 11.4 Å². The first kappa shape index (κ1) is 19.6. The summed E-state index contributed by atoms with van der Waals surface area (Å²) in [6.07, 6.45) is 0.